The normalized spacial score (nSPS) is 12.3. The summed E-state index contributed by atoms with van der Waals surface area (Å²) in [6.45, 7) is 0. The van der Waals surface area contributed by atoms with Gasteiger partial charge in [0.25, 0.3) is 0 Å². The maximum atomic E-state index is 12.8. The Morgan fingerprint density at radius 1 is 1.16 bits per heavy atom. The predicted octanol–water partition coefficient (Wildman–Crippen LogP) is 3.72. The Morgan fingerprint density at radius 2 is 1.84 bits per heavy atom. The molecule has 25 heavy (non-hydrogen) atoms. The summed E-state index contributed by atoms with van der Waals surface area (Å²) in [4.78, 5) is 3.90. The summed E-state index contributed by atoms with van der Waals surface area (Å²) in [7, 11) is -0.987. The van der Waals surface area contributed by atoms with Crippen molar-refractivity contribution in [2.24, 2.45) is 0 Å². The summed E-state index contributed by atoms with van der Waals surface area (Å²) in [5.41, 5.74) is -0.448. The van der Waals surface area contributed by atoms with Crippen LogP contribution in [0, 0.1) is 0 Å². The fraction of sp³-hybridized carbons (Fsp3) is 0.214. The molecule has 0 amide bonds. The van der Waals surface area contributed by atoms with Crippen molar-refractivity contribution in [1.82, 2.24) is 9.29 Å². The minimum absolute atomic E-state index is 0.0555. The van der Waals surface area contributed by atoms with Gasteiger partial charge in [-0.05, 0) is 30.3 Å². The van der Waals surface area contributed by atoms with E-state index in [1.807, 2.05) is 0 Å². The molecule has 0 unspecified atom stereocenters. The molecule has 0 atom stereocenters. The van der Waals surface area contributed by atoms with Crippen LogP contribution in [0.25, 0.3) is 0 Å². The van der Waals surface area contributed by atoms with Crippen LogP contribution in [0.5, 0.6) is 0 Å². The monoisotopic (exact) mass is 394 g/mol. The van der Waals surface area contributed by atoms with Crippen LogP contribution in [0.15, 0.2) is 36.5 Å². The molecule has 0 aliphatic carbocycles. The molecule has 0 bridgehead atoms. The molecule has 1 aromatic heterocycles. The fourth-order valence-electron chi connectivity index (χ4n) is 1.70. The standard InChI is InChI=1S/C14H14ClF3N4O2S/c1-22(2)25(23,24)21-13-6-4-10(8-19-13)20-12-7-9(14(16,17)18)3-5-11(12)15/h3-8,20H,1-2H3,(H,19,21). The number of nitrogens with zero attached hydrogens (tertiary/aromatic N) is 2. The lowest BCUT2D eigenvalue weighted by molar-refractivity contribution is -0.137. The topological polar surface area (TPSA) is 74.3 Å². The van der Waals surface area contributed by atoms with Crippen LogP contribution in [0.3, 0.4) is 0 Å². The third-order valence-electron chi connectivity index (χ3n) is 3.05. The molecular weight excluding hydrogens is 381 g/mol. The number of nitrogens with one attached hydrogen (secondary N) is 2. The van der Waals surface area contributed by atoms with Gasteiger partial charge in [0, 0.05) is 14.1 Å². The van der Waals surface area contributed by atoms with Crippen molar-refractivity contribution >= 4 is 39.0 Å². The summed E-state index contributed by atoms with van der Waals surface area (Å²) >= 11 is 5.90. The molecule has 0 saturated carbocycles. The number of aromatic nitrogens is 1. The Kier molecular flexibility index (Phi) is 5.45. The lowest BCUT2D eigenvalue weighted by Crippen LogP contribution is -2.29. The predicted molar refractivity (Wildman–Crippen MR) is 90.2 cm³/mol. The first-order chi connectivity index (χ1) is 11.5. The first-order valence-electron chi connectivity index (χ1n) is 6.79. The summed E-state index contributed by atoms with van der Waals surface area (Å²) < 4.78 is 64.9. The summed E-state index contributed by atoms with van der Waals surface area (Å²) in [6, 6.07) is 5.72. The third kappa shape index (κ3) is 4.97. The molecule has 2 rings (SSSR count). The van der Waals surface area contributed by atoms with Crippen LogP contribution in [-0.4, -0.2) is 31.8 Å². The van der Waals surface area contributed by atoms with Crippen LogP contribution in [0.4, 0.5) is 30.4 Å². The van der Waals surface area contributed by atoms with Gasteiger partial charge in [-0.2, -0.15) is 25.9 Å². The highest BCUT2D eigenvalue weighted by molar-refractivity contribution is 7.90. The highest BCUT2D eigenvalue weighted by Crippen LogP contribution is 2.34. The second-order valence-corrected chi connectivity index (χ2v) is 7.43. The van der Waals surface area contributed by atoms with E-state index >= 15 is 0 Å². The molecule has 0 spiro atoms. The SMILES string of the molecule is CN(C)S(=O)(=O)Nc1ccc(Nc2cc(C(F)(F)F)ccc2Cl)cn1. The number of hydrogen-bond acceptors (Lipinski definition) is 4. The number of rotatable bonds is 5. The van der Waals surface area contributed by atoms with Crippen LogP contribution in [-0.2, 0) is 16.4 Å². The molecule has 2 N–H and O–H groups in total. The van der Waals surface area contributed by atoms with E-state index in [1.54, 1.807) is 0 Å². The zero-order valence-corrected chi connectivity index (χ0v) is 14.7. The van der Waals surface area contributed by atoms with Crippen molar-refractivity contribution < 1.29 is 21.6 Å². The van der Waals surface area contributed by atoms with E-state index in [2.05, 4.69) is 15.0 Å². The van der Waals surface area contributed by atoms with Gasteiger partial charge in [0.05, 0.1) is 28.2 Å². The average Bonchev–Trinajstić information content (AvgIpc) is 2.50. The lowest BCUT2D eigenvalue weighted by atomic mass is 10.2. The minimum Gasteiger partial charge on any atom is -0.353 e. The molecule has 0 aliphatic rings. The third-order valence-corrected chi connectivity index (χ3v) is 4.81. The summed E-state index contributed by atoms with van der Waals surface area (Å²) in [5, 5.41) is 2.82. The van der Waals surface area contributed by atoms with Gasteiger partial charge in [0.15, 0.2) is 0 Å². The van der Waals surface area contributed by atoms with Crippen molar-refractivity contribution in [1.29, 1.82) is 0 Å². The minimum atomic E-state index is -4.49. The molecule has 11 heteroatoms. The van der Waals surface area contributed by atoms with E-state index in [1.165, 1.54) is 32.4 Å². The van der Waals surface area contributed by atoms with Gasteiger partial charge in [-0.25, -0.2) is 4.98 Å². The van der Waals surface area contributed by atoms with Crippen LogP contribution >= 0.6 is 11.6 Å². The van der Waals surface area contributed by atoms with Crippen molar-refractivity contribution in [2.75, 3.05) is 24.1 Å². The Balaban J connectivity index is 2.20. The van der Waals surface area contributed by atoms with Crippen LogP contribution in [0.1, 0.15) is 5.56 Å². The quantitative estimate of drug-likeness (QED) is 0.810. The van der Waals surface area contributed by atoms with Crippen molar-refractivity contribution in [3.05, 3.63) is 47.1 Å². The maximum Gasteiger partial charge on any atom is 0.416 e. The zero-order chi connectivity index (χ0) is 18.8. The molecule has 1 aromatic carbocycles. The number of halogens is 4. The van der Waals surface area contributed by atoms with Crippen molar-refractivity contribution in [3.8, 4) is 0 Å². The highest BCUT2D eigenvalue weighted by Gasteiger charge is 2.31. The van der Waals surface area contributed by atoms with Gasteiger partial charge < -0.3 is 5.32 Å². The van der Waals surface area contributed by atoms with E-state index in [-0.39, 0.29) is 16.5 Å². The van der Waals surface area contributed by atoms with E-state index in [9.17, 15) is 21.6 Å². The summed E-state index contributed by atoms with van der Waals surface area (Å²) in [5.74, 6) is 0.0642. The van der Waals surface area contributed by atoms with Gasteiger partial charge >= 0.3 is 16.4 Å². The largest absolute Gasteiger partial charge is 0.416 e. The van der Waals surface area contributed by atoms with Gasteiger partial charge in [0.2, 0.25) is 0 Å². The Morgan fingerprint density at radius 3 is 2.36 bits per heavy atom. The van der Waals surface area contributed by atoms with Gasteiger partial charge in [-0.15, -0.1) is 0 Å². The number of alkyl halides is 3. The number of benzene rings is 1. The lowest BCUT2D eigenvalue weighted by Gasteiger charge is -2.14. The molecule has 0 aliphatic heterocycles. The second-order valence-electron chi connectivity index (χ2n) is 5.14. The first-order valence-corrected chi connectivity index (χ1v) is 8.61. The highest BCUT2D eigenvalue weighted by atomic mass is 35.5. The van der Waals surface area contributed by atoms with E-state index < -0.39 is 21.9 Å². The second kappa shape index (κ2) is 7.06. The van der Waals surface area contributed by atoms with E-state index in [4.69, 9.17) is 11.6 Å². The first kappa shape index (κ1) is 19.3. The molecule has 136 valence electrons. The molecule has 0 radical (unpaired) electrons. The summed E-state index contributed by atoms with van der Waals surface area (Å²) in [6.07, 6.45) is -3.22. The van der Waals surface area contributed by atoms with E-state index in [0.29, 0.717) is 5.69 Å². The van der Waals surface area contributed by atoms with Crippen LogP contribution < -0.4 is 10.0 Å². The zero-order valence-electron chi connectivity index (χ0n) is 13.1. The van der Waals surface area contributed by atoms with Crippen molar-refractivity contribution in [3.63, 3.8) is 0 Å². The Bertz CT molecular complexity index is 855. The molecule has 0 fully saturated rings. The van der Waals surface area contributed by atoms with Gasteiger partial charge in [-0.1, -0.05) is 11.6 Å². The number of anilines is 3. The Hall–Kier alpha value is -2.04. The Labute approximate surface area is 147 Å². The average molecular weight is 395 g/mol. The van der Waals surface area contributed by atoms with Gasteiger partial charge in [0.1, 0.15) is 5.82 Å². The fourth-order valence-corrected chi connectivity index (χ4v) is 2.44. The molecule has 0 saturated heterocycles. The molecular formula is C14H14ClF3N4O2S. The maximum absolute atomic E-state index is 12.8. The van der Waals surface area contributed by atoms with Crippen molar-refractivity contribution in [2.45, 2.75) is 6.18 Å². The number of pyridine rings is 1. The number of hydrogen-bond donors (Lipinski definition) is 2. The molecule has 2 aromatic rings. The smallest absolute Gasteiger partial charge is 0.353 e. The van der Waals surface area contributed by atoms with Crippen LogP contribution in [0.2, 0.25) is 5.02 Å². The molecule has 1 heterocycles. The molecule has 6 nitrogen and oxygen atoms in total. The van der Waals surface area contributed by atoms with Gasteiger partial charge in [-0.3, -0.25) is 4.72 Å². The van der Waals surface area contributed by atoms with E-state index in [0.717, 1.165) is 22.5 Å².